The monoisotopic (exact) mass is 273 g/mol. The molecule has 2 saturated carbocycles. The number of hydrogen-bond acceptors (Lipinski definition) is 3. The third-order valence-corrected chi connectivity index (χ3v) is 4.26. The number of benzene rings is 1. The summed E-state index contributed by atoms with van der Waals surface area (Å²) in [4.78, 5) is 23.8. The van der Waals surface area contributed by atoms with Crippen molar-refractivity contribution in [2.75, 3.05) is 11.9 Å². The van der Waals surface area contributed by atoms with Crippen molar-refractivity contribution < 1.29 is 14.3 Å². The van der Waals surface area contributed by atoms with Crippen LogP contribution in [-0.4, -0.2) is 18.5 Å². The number of rotatable bonds is 4. The predicted molar refractivity (Wildman–Crippen MR) is 75.3 cm³/mol. The zero-order chi connectivity index (χ0) is 14.1. The van der Waals surface area contributed by atoms with Crippen LogP contribution in [0.1, 0.15) is 36.5 Å². The molecule has 0 bridgehead atoms. The zero-order valence-corrected chi connectivity index (χ0v) is 11.6. The lowest BCUT2D eigenvalue weighted by Crippen LogP contribution is -2.21. The molecule has 2 aliphatic rings. The van der Waals surface area contributed by atoms with Gasteiger partial charge in [-0.3, -0.25) is 4.79 Å². The van der Waals surface area contributed by atoms with Crippen molar-refractivity contribution in [3.05, 3.63) is 29.8 Å². The molecular formula is C16H19NO3. The Kier molecular flexibility index (Phi) is 3.47. The number of anilines is 1. The summed E-state index contributed by atoms with van der Waals surface area (Å²) in [6.45, 7) is 2.12. The first kappa shape index (κ1) is 13.2. The average molecular weight is 273 g/mol. The van der Waals surface area contributed by atoms with Crippen LogP contribution in [0.4, 0.5) is 5.69 Å². The number of esters is 1. The van der Waals surface area contributed by atoms with Crippen molar-refractivity contribution in [2.45, 2.75) is 26.2 Å². The van der Waals surface area contributed by atoms with Crippen molar-refractivity contribution in [2.24, 2.45) is 17.8 Å². The molecule has 0 aromatic heterocycles. The standard InChI is InChI=1S/C16H19NO3/c1-2-20-16(19)10-4-3-5-14(9-10)17-15(18)13-7-11-6-12(11)8-13/h3-5,9,11-13H,2,6-8H2,1H3,(H,17,18). The van der Waals surface area contributed by atoms with E-state index in [1.807, 2.05) is 0 Å². The molecule has 0 spiro atoms. The van der Waals surface area contributed by atoms with E-state index < -0.39 is 0 Å². The zero-order valence-electron chi connectivity index (χ0n) is 11.6. The second kappa shape index (κ2) is 5.27. The molecule has 106 valence electrons. The van der Waals surface area contributed by atoms with Crippen LogP contribution in [0.3, 0.4) is 0 Å². The maximum absolute atomic E-state index is 12.2. The topological polar surface area (TPSA) is 55.4 Å². The molecule has 2 atom stereocenters. The second-order valence-corrected chi connectivity index (χ2v) is 5.71. The van der Waals surface area contributed by atoms with E-state index in [0.29, 0.717) is 17.9 Å². The Hall–Kier alpha value is -1.84. The minimum atomic E-state index is -0.356. The highest BCUT2D eigenvalue weighted by molar-refractivity contribution is 5.95. The van der Waals surface area contributed by atoms with Crippen LogP contribution in [0.5, 0.6) is 0 Å². The van der Waals surface area contributed by atoms with Crippen molar-refractivity contribution in [3.63, 3.8) is 0 Å². The molecule has 0 aliphatic heterocycles. The smallest absolute Gasteiger partial charge is 0.338 e. The highest BCUT2D eigenvalue weighted by Crippen LogP contribution is 2.54. The number of carbonyl (C=O) groups excluding carboxylic acids is 2. The molecule has 20 heavy (non-hydrogen) atoms. The predicted octanol–water partition coefficient (Wildman–Crippen LogP) is 2.85. The maximum Gasteiger partial charge on any atom is 0.338 e. The van der Waals surface area contributed by atoms with Gasteiger partial charge in [0.05, 0.1) is 12.2 Å². The van der Waals surface area contributed by atoms with Gasteiger partial charge in [-0.1, -0.05) is 6.07 Å². The van der Waals surface area contributed by atoms with Crippen molar-refractivity contribution >= 4 is 17.6 Å². The molecule has 4 heteroatoms. The molecular weight excluding hydrogens is 254 g/mol. The SMILES string of the molecule is CCOC(=O)c1cccc(NC(=O)C2CC3CC3C2)c1. The first-order valence-electron chi connectivity index (χ1n) is 7.25. The van der Waals surface area contributed by atoms with Gasteiger partial charge in [0.1, 0.15) is 0 Å². The number of nitrogens with one attached hydrogen (secondary N) is 1. The van der Waals surface area contributed by atoms with Gasteiger partial charge in [-0.25, -0.2) is 4.79 Å². The first-order chi connectivity index (χ1) is 9.67. The average Bonchev–Trinajstić information content (AvgIpc) is 3.05. The van der Waals surface area contributed by atoms with E-state index in [4.69, 9.17) is 4.74 Å². The van der Waals surface area contributed by atoms with E-state index in [1.165, 1.54) is 6.42 Å². The van der Waals surface area contributed by atoms with E-state index in [9.17, 15) is 9.59 Å². The number of fused-ring (bicyclic) bond motifs is 1. The fraction of sp³-hybridized carbons (Fsp3) is 0.500. The number of amides is 1. The molecule has 2 aliphatic carbocycles. The highest BCUT2D eigenvalue weighted by Gasteiger charge is 2.47. The van der Waals surface area contributed by atoms with Crippen LogP contribution in [-0.2, 0) is 9.53 Å². The van der Waals surface area contributed by atoms with Gasteiger partial charge in [0, 0.05) is 11.6 Å². The molecule has 1 amide bonds. The third kappa shape index (κ3) is 2.69. The van der Waals surface area contributed by atoms with Gasteiger partial charge in [0.15, 0.2) is 0 Å². The summed E-state index contributed by atoms with van der Waals surface area (Å²) in [5.74, 6) is 1.45. The van der Waals surface area contributed by atoms with E-state index >= 15 is 0 Å². The van der Waals surface area contributed by atoms with E-state index in [-0.39, 0.29) is 17.8 Å². The van der Waals surface area contributed by atoms with Crippen LogP contribution in [0.2, 0.25) is 0 Å². The van der Waals surface area contributed by atoms with Crippen LogP contribution >= 0.6 is 0 Å². The van der Waals surface area contributed by atoms with E-state index in [1.54, 1.807) is 31.2 Å². The van der Waals surface area contributed by atoms with Crippen LogP contribution in [0.25, 0.3) is 0 Å². The van der Waals surface area contributed by atoms with Gasteiger partial charge in [0.2, 0.25) is 5.91 Å². The summed E-state index contributed by atoms with van der Waals surface area (Å²) in [5.41, 5.74) is 1.14. The lowest BCUT2D eigenvalue weighted by Gasteiger charge is -2.12. The van der Waals surface area contributed by atoms with Crippen LogP contribution in [0, 0.1) is 17.8 Å². The van der Waals surface area contributed by atoms with Crippen LogP contribution < -0.4 is 5.32 Å². The van der Waals surface area contributed by atoms with Gasteiger partial charge in [-0.2, -0.15) is 0 Å². The summed E-state index contributed by atoms with van der Waals surface area (Å²) in [5, 5.41) is 2.92. The molecule has 2 unspecified atom stereocenters. The van der Waals surface area contributed by atoms with Crippen molar-refractivity contribution in [1.82, 2.24) is 0 Å². The molecule has 0 saturated heterocycles. The number of hydrogen-bond donors (Lipinski definition) is 1. The molecule has 0 radical (unpaired) electrons. The van der Waals surface area contributed by atoms with Gasteiger partial charge >= 0.3 is 5.97 Å². The normalized spacial score (nSPS) is 26.8. The minimum Gasteiger partial charge on any atom is -0.462 e. The van der Waals surface area contributed by atoms with E-state index in [2.05, 4.69) is 5.32 Å². The Morgan fingerprint density at radius 3 is 2.70 bits per heavy atom. The lowest BCUT2D eigenvalue weighted by molar-refractivity contribution is -0.120. The molecule has 3 rings (SSSR count). The number of ether oxygens (including phenoxy) is 1. The summed E-state index contributed by atoms with van der Waals surface area (Å²) in [6.07, 6.45) is 3.35. The minimum absolute atomic E-state index is 0.0817. The van der Waals surface area contributed by atoms with Gasteiger partial charge in [-0.15, -0.1) is 0 Å². The molecule has 1 aromatic rings. The fourth-order valence-electron chi connectivity index (χ4n) is 3.11. The Morgan fingerprint density at radius 2 is 2.00 bits per heavy atom. The quantitative estimate of drug-likeness (QED) is 0.858. The van der Waals surface area contributed by atoms with Gasteiger partial charge in [-0.05, 0) is 56.2 Å². The fourth-order valence-corrected chi connectivity index (χ4v) is 3.11. The Labute approximate surface area is 118 Å². The number of carbonyl (C=O) groups is 2. The molecule has 4 nitrogen and oxygen atoms in total. The van der Waals surface area contributed by atoms with Crippen molar-refractivity contribution in [1.29, 1.82) is 0 Å². The van der Waals surface area contributed by atoms with Gasteiger partial charge < -0.3 is 10.1 Å². The Bertz CT molecular complexity index is 530. The third-order valence-electron chi connectivity index (χ3n) is 4.26. The lowest BCUT2D eigenvalue weighted by atomic mass is 10.0. The Morgan fingerprint density at radius 1 is 1.25 bits per heavy atom. The molecule has 2 fully saturated rings. The van der Waals surface area contributed by atoms with E-state index in [0.717, 1.165) is 24.7 Å². The summed E-state index contributed by atoms with van der Waals surface area (Å²) >= 11 is 0. The molecule has 0 heterocycles. The maximum atomic E-state index is 12.2. The summed E-state index contributed by atoms with van der Waals surface area (Å²) in [7, 11) is 0. The summed E-state index contributed by atoms with van der Waals surface area (Å²) < 4.78 is 4.96. The summed E-state index contributed by atoms with van der Waals surface area (Å²) in [6, 6.07) is 6.92. The molecule has 1 N–H and O–H groups in total. The van der Waals surface area contributed by atoms with Crippen LogP contribution in [0.15, 0.2) is 24.3 Å². The molecule has 1 aromatic carbocycles. The first-order valence-corrected chi connectivity index (χ1v) is 7.25. The largest absolute Gasteiger partial charge is 0.462 e. The highest BCUT2D eigenvalue weighted by atomic mass is 16.5. The second-order valence-electron chi connectivity index (χ2n) is 5.71. The van der Waals surface area contributed by atoms with Gasteiger partial charge in [0.25, 0.3) is 0 Å². The Balaban J connectivity index is 1.63. The van der Waals surface area contributed by atoms with Crippen molar-refractivity contribution in [3.8, 4) is 0 Å².